The monoisotopic (exact) mass is 186 g/mol. The molecule has 14 heavy (non-hydrogen) atoms. The van der Waals surface area contributed by atoms with E-state index in [0.717, 1.165) is 0 Å². The van der Waals surface area contributed by atoms with Crippen LogP contribution in [-0.4, -0.2) is 12.6 Å². The van der Waals surface area contributed by atoms with Gasteiger partial charge in [0, 0.05) is 11.1 Å². The zero-order valence-corrected chi connectivity index (χ0v) is 8.13. The van der Waals surface area contributed by atoms with E-state index in [1.807, 2.05) is 0 Å². The van der Waals surface area contributed by atoms with Gasteiger partial charge in [-0.15, -0.1) is 0 Å². The van der Waals surface area contributed by atoms with Crippen LogP contribution < -0.4 is 0 Å². The van der Waals surface area contributed by atoms with Crippen molar-refractivity contribution in [1.29, 1.82) is 0 Å². The molecule has 0 fully saturated rings. The first-order chi connectivity index (χ1) is 6.70. The van der Waals surface area contributed by atoms with Crippen LogP contribution in [0.5, 0.6) is 0 Å². The fourth-order valence-corrected chi connectivity index (χ4v) is 0.547. The minimum atomic E-state index is 0.659. The maximum Gasteiger partial charge on any atom is 0.143 e. The summed E-state index contributed by atoms with van der Waals surface area (Å²) in [5.41, 5.74) is 1.32. The van der Waals surface area contributed by atoms with Gasteiger partial charge >= 0.3 is 0 Å². The maximum atomic E-state index is 10.0. The lowest BCUT2D eigenvalue weighted by Gasteiger charge is -1.78. The normalized spacial score (nSPS) is 10.4. The molecule has 0 N–H and O–H groups in total. The van der Waals surface area contributed by atoms with Crippen molar-refractivity contribution in [2.45, 2.75) is 13.8 Å². The number of rotatable bonds is 2. The number of hydrogen-bond acceptors (Lipinski definition) is 2. The summed E-state index contributed by atoms with van der Waals surface area (Å²) in [5, 5.41) is 0. The van der Waals surface area contributed by atoms with Gasteiger partial charge in [0.15, 0.2) is 0 Å². The predicted molar refractivity (Wildman–Crippen MR) is 55.2 cm³/mol. The van der Waals surface area contributed by atoms with Crippen molar-refractivity contribution in [3.05, 3.63) is 23.3 Å². The van der Waals surface area contributed by atoms with E-state index in [-0.39, 0.29) is 0 Å². The second-order valence-electron chi connectivity index (χ2n) is 2.47. The molecule has 0 saturated heterocycles. The van der Waals surface area contributed by atoms with Crippen LogP contribution in [0.4, 0.5) is 0 Å². The zero-order valence-electron chi connectivity index (χ0n) is 8.13. The van der Waals surface area contributed by atoms with Gasteiger partial charge in [-0.2, -0.15) is 0 Å². The van der Waals surface area contributed by atoms with Crippen LogP contribution in [0.25, 0.3) is 0 Å². The zero-order chi connectivity index (χ0) is 10.8. The lowest BCUT2D eigenvalue weighted by molar-refractivity contribution is -0.104. The highest BCUT2D eigenvalue weighted by atomic mass is 16.1. The summed E-state index contributed by atoms with van der Waals surface area (Å²) in [6.07, 6.45) is 4.08. The molecule has 0 aromatic heterocycles. The van der Waals surface area contributed by atoms with Crippen molar-refractivity contribution >= 4 is 12.6 Å². The molecule has 0 atom stereocenters. The van der Waals surface area contributed by atoms with Crippen molar-refractivity contribution in [2.75, 3.05) is 0 Å². The van der Waals surface area contributed by atoms with Crippen LogP contribution in [0.1, 0.15) is 13.8 Å². The molecule has 0 unspecified atom stereocenters. The maximum absolute atomic E-state index is 10.0. The fourth-order valence-electron chi connectivity index (χ4n) is 0.547. The molecule has 0 aliphatic rings. The average Bonchev–Trinajstić information content (AvgIpc) is 2.13. The fraction of sp³-hybridized carbons (Fsp3) is 0.167. The Balaban J connectivity index is 4.42. The molecule has 0 heterocycles. The first-order valence-electron chi connectivity index (χ1n) is 3.97. The van der Waals surface area contributed by atoms with Crippen LogP contribution in [0.15, 0.2) is 23.3 Å². The minimum absolute atomic E-state index is 0.659. The molecule has 70 valence electrons. The Morgan fingerprint density at radius 2 is 1.21 bits per heavy atom. The molecule has 2 nitrogen and oxygen atoms in total. The topological polar surface area (TPSA) is 34.1 Å². The van der Waals surface area contributed by atoms with Gasteiger partial charge in [-0.05, 0) is 37.8 Å². The largest absolute Gasteiger partial charge is 0.299 e. The summed E-state index contributed by atoms with van der Waals surface area (Å²) in [4.78, 5) is 20.0. The number of aldehydes is 2. The highest BCUT2D eigenvalue weighted by Gasteiger charge is 1.77. The Bertz CT molecular complexity index is 350. The summed E-state index contributed by atoms with van der Waals surface area (Å²) in [5.74, 6) is 10.5. The quantitative estimate of drug-likeness (QED) is 0.370. The lowest BCUT2D eigenvalue weighted by atomic mass is 10.3. The summed E-state index contributed by atoms with van der Waals surface area (Å²) in [6.45, 7) is 3.44. The smallest absolute Gasteiger partial charge is 0.143 e. The third kappa shape index (κ3) is 6.64. The van der Waals surface area contributed by atoms with Gasteiger partial charge < -0.3 is 0 Å². The molecular weight excluding hydrogens is 176 g/mol. The van der Waals surface area contributed by atoms with Crippen LogP contribution in [0, 0.1) is 23.7 Å². The third-order valence-electron chi connectivity index (χ3n) is 1.22. The molecule has 2 heteroatoms. The van der Waals surface area contributed by atoms with E-state index in [2.05, 4.69) is 23.7 Å². The Morgan fingerprint density at radius 1 is 0.857 bits per heavy atom. The van der Waals surface area contributed by atoms with Gasteiger partial charge in [0.25, 0.3) is 0 Å². The summed E-state index contributed by atoms with van der Waals surface area (Å²) in [6, 6.07) is 0. The van der Waals surface area contributed by atoms with Gasteiger partial charge in [-0.3, -0.25) is 9.59 Å². The van der Waals surface area contributed by atoms with E-state index >= 15 is 0 Å². The molecular formula is C12H10O2. The van der Waals surface area contributed by atoms with Crippen LogP contribution in [-0.2, 0) is 9.59 Å². The summed E-state index contributed by atoms with van der Waals surface area (Å²) >= 11 is 0. The number of allylic oxidation sites excluding steroid dienone is 4. The van der Waals surface area contributed by atoms with Crippen molar-refractivity contribution in [1.82, 2.24) is 0 Å². The van der Waals surface area contributed by atoms with E-state index in [9.17, 15) is 9.59 Å². The molecule has 0 aliphatic carbocycles. The lowest BCUT2D eigenvalue weighted by Crippen LogP contribution is -1.71. The number of carbonyl (C=O) groups is 2. The van der Waals surface area contributed by atoms with Crippen molar-refractivity contribution in [3.8, 4) is 23.7 Å². The Hall–Kier alpha value is -2.06. The van der Waals surface area contributed by atoms with Crippen LogP contribution in [0.2, 0.25) is 0 Å². The average molecular weight is 186 g/mol. The SMILES string of the molecule is C/C(C#CC#C/C(C)=C/C=O)=C\C=O. The molecule has 0 saturated carbocycles. The Morgan fingerprint density at radius 3 is 1.50 bits per heavy atom. The van der Waals surface area contributed by atoms with E-state index < -0.39 is 0 Å². The van der Waals surface area contributed by atoms with E-state index in [0.29, 0.717) is 23.7 Å². The van der Waals surface area contributed by atoms with Gasteiger partial charge in [-0.1, -0.05) is 11.8 Å². The highest BCUT2D eigenvalue weighted by Crippen LogP contribution is 1.86. The second kappa shape index (κ2) is 7.58. The molecule has 0 aromatic carbocycles. The standard InChI is InChI=1S/C12H10O2/c1-11(7-9-13)5-3-4-6-12(2)8-10-14/h7-10H,1-2H3/b11-7+,12-8+. The van der Waals surface area contributed by atoms with Crippen molar-refractivity contribution < 1.29 is 9.59 Å². The van der Waals surface area contributed by atoms with E-state index in [1.165, 1.54) is 12.2 Å². The van der Waals surface area contributed by atoms with Crippen molar-refractivity contribution in [3.63, 3.8) is 0 Å². The van der Waals surface area contributed by atoms with Gasteiger partial charge in [-0.25, -0.2) is 0 Å². The molecule has 0 bridgehead atoms. The number of carbonyl (C=O) groups excluding carboxylic acids is 2. The van der Waals surface area contributed by atoms with Crippen LogP contribution >= 0.6 is 0 Å². The first-order valence-corrected chi connectivity index (χ1v) is 3.97. The van der Waals surface area contributed by atoms with Crippen molar-refractivity contribution in [2.24, 2.45) is 0 Å². The van der Waals surface area contributed by atoms with Gasteiger partial charge in [0.05, 0.1) is 0 Å². The predicted octanol–water partition coefficient (Wildman–Crippen LogP) is 1.28. The molecule has 0 spiro atoms. The van der Waals surface area contributed by atoms with Gasteiger partial charge in [0.1, 0.15) is 12.6 Å². The van der Waals surface area contributed by atoms with Crippen LogP contribution in [0.3, 0.4) is 0 Å². The summed E-state index contributed by atoms with van der Waals surface area (Å²) < 4.78 is 0. The highest BCUT2D eigenvalue weighted by molar-refractivity contribution is 5.68. The van der Waals surface area contributed by atoms with Gasteiger partial charge in [0.2, 0.25) is 0 Å². The third-order valence-corrected chi connectivity index (χ3v) is 1.22. The molecule has 0 amide bonds. The van der Waals surface area contributed by atoms with E-state index in [4.69, 9.17) is 0 Å². The Labute approximate surface area is 83.7 Å². The molecule has 0 rings (SSSR count). The number of hydrogen-bond donors (Lipinski definition) is 0. The minimum Gasteiger partial charge on any atom is -0.299 e. The molecule has 0 radical (unpaired) electrons. The first kappa shape index (κ1) is 11.9. The summed E-state index contributed by atoms with van der Waals surface area (Å²) in [7, 11) is 0. The van der Waals surface area contributed by atoms with E-state index in [1.54, 1.807) is 13.8 Å². The second-order valence-corrected chi connectivity index (χ2v) is 2.47. The molecule has 0 aliphatic heterocycles. The molecule has 0 aromatic rings. The Kier molecular flexibility index (Phi) is 6.47.